The zero-order chi connectivity index (χ0) is 19.8. The van der Waals surface area contributed by atoms with Gasteiger partial charge in [0.15, 0.2) is 0 Å². The van der Waals surface area contributed by atoms with Crippen molar-refractivity contribution >= 4 is 17.8 Å². The lowest BCUT2D eigenvalue weighted by atomic mass is 9.72. The monoisotopic (exact) mass is 373 g/mol. The van der Waals surface area contributed by atoms with E-state index in [9.17, 15) is 14.4 Å². The smallest absolute Gasteiger partial charge is 0.355 e. The molecule has 0 aromatic heterocycles. The number of carbonyl (C=O) groups is 3. The van der Waals surface area contributed by atoms with E-state index in [4.69, 9.17) is 9.47 Å². The maximum absolute atomic E-state index is 13.0. The molecule has 2 N–H and O–H groups in total. The molecule has 0 aliphatic carbocycles. The molecule has 0 spiro atoms. The molecule has 1 aromatic rings. The van der Waals surface area contributed by atoms with Gasteiger partial charge in [0, 0.05) is 7.05 Å². The minimum atomic E-state index is -1.31. The number of nitrogens with zero attached hydrogens (tertiary/aromatic N) is 1. The topological polar surface area (TPSA) is 97.0 Å². The van der Waals surface area contributed by atoms with Crippen LogP contribution in [0.3, 0.4) is 0 Å². The SMILES string of the molecule is CCOC(=O)C1=C(C(=O)OCC)C2(c3ccccc3)NN(C)C(=O)C2(C)N1. The molecule has 8 nitrogen and oxygen atoms in total. The van der Waals surface area contributed by atoms with Gasteiger partial charge in [-0.15, -0.1) is 0 Å². The number of amides is 1. The Hall–Kier alpha value is -2.87. The van der Waals surface area contributed by atoms with Crippen molar-refractivity contribution in [3.05, 3.63) is 47.2 Å². The third kappa shape index (κ3) is 2.51. The lowest BCUT2D eigenvalue weighted by Gasteiger charge is -2.36. The van der Waals surface area contributed by atoms with Crippen molar-refractivity contribution in [1.29, 1.82) is 0 Å². The number of esters is 2. The van der Waals surface area contributed by atoms with Crippen molar-refractivity contribution in [2.75, 3.05) is 20.3 Å². The van der Waals surface area contributed by atoms with Crippen molar-refractivity contribution in [2.45, 2.75) is 31.8 Å². The molecule has 2 aliphatic heterocycles. The Morgan fingerprint density at radius 1 is 1.07 bits per heavy atom. The van der Waals surface area contributed by atoms with Gasteiger partial charge in [-0.1, -0.05) is 30.3 Å². The Labute approximate surface area is 157 Å². The first kappa shape index (κ1) is 18.9. The molecular weight excluding hydrogens is 350 g/mol. The molecule has 0 bridgehead atoms. The van der Waals surface area contributed by atoms with E-state index in [1.165, 1.54) is 5.01 Å². The number of hydrogen-bond acceptors (Lipinski definition) is 7. The summed E-state index contributed by atoms with van der Waals surface area (Å²) in [7, 11) is 1.57. The standard InChI is InChI=1S/C19H23N3O5/c1-5-26-15(23)13-14(16(24)27-6-2)20-18(3)17(25)22(4)21-19(13,18)12-10-8-7-9-11-12/h7-11,20-21H,5-6H2,1-4H3. The van der Waals surface area contributed by atoms with Crippen molar-refractivity contribution in [3.8, 4) is 0 Å². The Kier molecular flexibility index (Phi) is 4.69. The van der Waals surface area contributed by atoms with Crippen LogP contribution in [0.15, 0.2) is 41.6 Å². The van der Waals surface area contributed by atoms with Gasteiger partial charge in [0.1, 0.15) is 16.8 Å². The Balaban J connectivity index is 2.31. The van der Waals surface area contributed by atoms with Gasteiger partial charge in [-0.3, -0.25) is 9.80 Å². The van der Waals surface area contributed by atoms with Gasteiger partial charge in [-0.25, -0.2) is 15.0 Å². The fourth-order valence-corrected chi connectivity index (χ4v) is 3.86. The second-order valence-corrected chi connectivity index (χ2v) is 6.53. The molecule has 1 amide bonds. The minimum Gasteiger partial charge on any atom is -0.463 e. The quantitative estimate of drug-likeness (QED) is 0.730. The second kappa shape index (κ2) is 6.70. The third-order valence-electron chi connectivity index (χ3n) is 4.98. The Bertz CT molecular complexity index is 822. The summed E-state index contributed by atoms with van der Waals surface area (Å²) in [6, 6.07) is 9.04. The second-order valence-electron chi connectivity index (χ2n) is 6.53. The van der Waals surface area contributed by atoms with Crippen LogP contribution in [0.25, 0.3) is 0 Å². The summed E-state index contributed by atoms with van der Waals surface area (Å²) < 4.78 is 10.4. The van der Waals surface area contributed by atoms with Crippen molar-refractivity contribution in [3.63, 3.8) is 0 Å². The van der Waals surface area contributed by atoms with Crippen LogP contribution >= 0.6 is 0 Å². The van der Waals surface area contributed by atoms with E-state index in [-0.39, 0.29) is 30.4 Å². The van der Waals surface area contributed by atoms with Crippen LogP contribution < -0.4 is 10.7 Å². The van der Waals surface area contributed by atoms with Crippen LogP contribution in [0.2, 0.25) is 0 Å². The van der Waals surface area contributed by atoms with E-state index in [1.54, 1.807) is 52.1 Å². The summed E-state index contributed by atoms with van der Waals surface area (Å²) in [5, 5.41) is 4.29. The number of nitrogens with one attached hydrogen (secondary N) is 2. The number of rotatable bonds is 5. The Morgan fingerprint density at radius 2 is 1.67 bits per heavy atom. The molecule has 1 aromatic carbocycles. The molecule has 2 atom stereocenters. The number of fused-ring (bicyclic) bond motifs is 1. The third-order valence-corrected chi connectivity index (χ3v) is 4.98. The number of hydrazine groups is 1. The molecule has 8 heteroatoms. The van der Waals surface area contributed by atoms with E-state index in [2.05, 4.69) is 10.7 Å². The van der Waals surface area contributed by atoms with Crippen molar-refractivity contribution in [1.82, 2.24) is 15.8 Å². The molecule has 3 rings (SSSR count). The van der Waals surface area contributed by atoms with Crippen LogP contribution in [0.4, 0.5) is 0 Å². The maximum Gasteiger partial charge on any atom is 0.355 e. The average Bonchev–Trinajstić information content (AvgIpc) is 3.02. The molecule has 2 unspecified atom stereocenters. The predicted molar refractivity (Wildman–Crippen MR) is 95.9 cm³/mol. The summed E-state index contributed by atoms with van der Waals surface area (Å²) in [5.41, 5.74) is 1.11. The largest absolute Gasteiger partial charge is 0.463 e. The predicted octanol–water partition coefficient (Wildman–Crippen LogP) is 0.601. The average molecular weight is 373 g/mol. The fraction of sp³-hybridized carbons (Fsp3) is 0.421. The first-order chi connectivity index (χ1) is 12.8. The molecule has 1 saturated heterocycles. The summed E-state index contributed by atoms with van der Waals surface area (Å²) >= 11 is 0. The van der Waals surface area contributed by atoms with Gasteiger partial charge in [0.2, 0.25) is 0 Å². The summed E-state index contributed by atoms with van der Waals surface area (Å²) in [4.78, 5) is 38.5. The van der Waals surface area contributed by atoms with Gasteiger partial charge >= 0.3 is 11.9 Å². The van der Waals surface area contributed by atoms with E-state index in [1.807, 2.05) is 6.07 Å². The van der Waals surface area contributed by atoms with Crippen LogP contribution in [0.5, 0.6) is 0 Å². The molecular formula is C19H23N3O5. The van der Waals surface area contributed by atoms with Gasteiger partial charge in [0.05, 0.1) is 18.8 Å². The summed E-state index contributed by atoms with van der Waals surface area (Å²) in [5.74, 6) is -1.70. The molecule has 2 heterocycles. The van der Waals surface area contributed by atoms with E-state index >= 15 is 0 Å². The number of benzene rings is 1. The van der Waals surface area contributed by atoms with Crippen molar-refractivity contribution in [2.24, 2.45) is 0 Å². The van der Waals surface area contributed by atoms with Gasteiger partial charge in [-0.05, 0) is 26.3 Å². The zero-order valence-corrected chi connectivity index (χ0v) is 15.8. The van der Waals surface area contributed by atoms with Crippen LogP contribution in [0, 0.1) is 0 Å². The summed E-state index contributed by atoms with van der Waals surface area (Å²) in [6.07, 6.45) is 0. The number of hydrogen-bond donors (Lipinski definition) is 2. The number of ether oxygens (including phenoxy) is 2. The highest BCUT2D eigenvalue weighted by Gasteiger charge is 2.70. The van der Waals surface area contributed by atoms with Crippen LogP contribution in [-0.4, -0.2) is 48.7 Å². The van der Waals surface area contributed by atoms with E-state index in [0.29, 0.717) is 5.56 Å². The van der Waals surface area contributed by atoms with Crippen molar-refractivity contribution < 1.29 is 23.9 Å². The first-order valence-corrected chi connectivity index (χ1v) is 8.82. The summed E-state index contributed by atoms with van der Waals surface area (Å²) in [6.45, 7) is 5.27. The lowest BCUT2D eigenvalue weighted by molar-refractivity contribution is -0.142. The number of likely N-dealkylation sites (N-methyl/N-ethyl adjacent to an activating group) is 1. The van der Waals surface area contributed by atoms with Gasteiger partial charge in [0.25, 0.3) is 5.91 Å². The number of carbonyl (C=O) groups excluding carboxylic acids is 3. The highest BCUT2D eigenvalue weighted by Crippen LogP contribution is 2.50. The Morgan fingerprint density at radius 3 is 2.26 bits per heavy atom. The van der Waals surface area contributed by atoms with E-state index < -0.39 is 23.0 Å². The van der Waals surface area contributed by atoms with Crippen LogP contribution in [-0.2, 0) is 29.4 Å². The molecule has 27 heavy (non-hydrogen) atoms. The van der Waals surface area contributed by atoms with Gasteiger partial charge < -0.3 is 14.8 Å². The molecule has 0 saturated carbocycles. The normalized spacial score (nSPS) is 26.7. The van der Waals surface area contributed by atoms with Crippen LogP contribution in [0.1, 0.15) is 26.3 Å². The highest BCUT2D eigenvalue weighted by molar-refractivity contribution is 6.08. The molecule has 1 fully saturated rings. The molecule has 0 radical (unpaired) electrons. The molecule has 2 aliphatic rings. The maximum atomic E-state index is 13.0. The molecule has 144 valence electrons. The van der Waals surface area contributed by atoms with Gasteiger partial charge in [-0.2, -0.15) is 0 Å². The van der Waals surface area contributed by atoms with E-state index in [0.717, 1.165) is 0 Å². The minimum absolute atomic E-state index is 0.0363. The fourth-order valence-electron chi connectivity index (χ4n) is 3.86. The first-order valence-electron chi connectivity index (χ1n) is 8.82. The lowest BCUT2D eigenvalue weighted by Crippen LogP contribution is -2.59. The zero-order valence-electron chi connectivity index (χ0n) is 15.8. The highest BCUT2D eigenvalue weighted by atomic mass is 16.5.